The van der Waals surface area contributed by atoms with Crippen LogP contribution in [0, 0.1) is 5.92 Å². The number of nitrogens with one attached hydrogen (secondary N) is 2. The summed E-state index contributed by atoms with van der Waals surface area (Å²) >= 11 is 2.49. The predicted octanol–water partition coefficient (Wildman–Crippen LogP) is 4.61. The number of thiophene rings is 1. The van der Waals surface area contributed by atoms with Gasteiger partial charge in [0, 0.05) is 17.0 Å². The van der Waals surface area contributed by atoms with E-state index in [0.29, 0.717) is 21.7 Å². The topological polar surface area (TPSA) is 61.4 Å². The van der Waals surface area contributed by atoms with Gasteiger partial charge in [-0.05, 0) is 63.0 Å². The second-order valence-corrected chi connectivity index (χ2v) is 10.2. The quantitative estimate of drug-likeness (QED) is 0.671. The van der Waals surface area contributed by atoms with E-state index in [0.717, 1.165) is 30.1 Å². The number of nitrogens with zero attached hydrogens (tertiary/aromatic N) is 1. The zero-order valence-corrected chi connectivity index (χ0v) is 18.4. The minimum absolute atomic E-state index is 0.0790. The number of para-hydroxylation sites is 1. The van der Waals surface area contributed by atoms with E-state index in [1.54, 1.807) is 30.3 Å². The standard InChI is InChI=1S/C21H22F3N3O2S2/c1-12-18(13-8-10-27(12)11-9-13)26-19(28)16-6-7-17(31-16)30-15-5-3-2-4-14(15)25-20(29)21(22,23)24/h2-7,12-13,18H,8-11H2,1H3,(H,25,29)(H,26,28)/t12-,18-/m0/s1. The molecule has 2 atom stereocenters. The van der Waals surface area contributed by atoms with Crippen LogP contribution in [0.4, 0.5) is 18.9 Å². The number of rotatable bonds is 5. The Labute approximate surface area is 186 Å². The molecule has 3 aliphatic rings. The van der Waals surface area contributed by atoms with Crippen molar-refractivity contribution < 1.29 is 22.8 Å². The molecule has 31 heavy (non-hydrogen) atoms. The van der Waals surface area contributed by atoms with Crippen LogP contribution in [-0.2, 0) is 4.79 Å². The lowest BCUT2D eigenvalue weighted by Gasteiger charge is -2.49. The summed E-state index contributed by atoms with van der Waals surface area (Å²) in [5.41, 5.74) is 0.0790. The predicted molar refractivity (Wildman–Crippen MR) is 115 cm³/mol. The minimum Gasteiger partial charge on any atom is -0.347 e. The van der Waals surface area contributed by atoms with Crippen LogP contribution in [0.25, 0.3) is 0 Å². The van der Waals surface area contributed by atoms with Crippen molar-refractivity contribution in [3.05, 3.63) is 41.3 Å². The molecule has 1 aromatic heterocycles. The molecule has 0 radical (unpaired) electrons. The molecule has 0 aliphatic carbocycles. The first-order chi connectivity index (χ1) is 14.7. The highest BCUT2D eigenvalue weighted by atomic mass is 32.2. The maximum absolute atomic E-state index is 12.8. The lowest BCUT2D eigenvalue weighted by molar-refractivity contribution is -0.167. The normalized spacial score (nSPS) is 25.3. The van der Waals surface area contributed by atoms with Crippen molar-refractivity contribution in [2.45, 2.75) is 47.1 Å². The summed E-state index contributed by atoms with van der Waals surface area (Å²) in [5.74, 6) is -1.64. The van der Waals surface area contributed by atoms with Crippen LogP contribution in [0.2, 0.25) is 0 Å². The molecule has 2 amide bonds. The fourth-order valence-corrected chi connectivity index (χ4v) is 6.30. The van der Waals surface area contributed by atoms with Gasteiger partial charge in [-0.1, -0.05) is 23.9 Å². The molecule has 0 unspecified atom stereocenters. The zero-order valence-electron chi connectivity index (χ0n) is 16.7. The summed E-state index contributed by atoms with van der Waals surface area (Å²) in [6.45, 7) is 4.32. The van der Waals surface area contributed by atoms with E-state index < -0.39 is 12.1 Å². The fourth-order valence-electron chi connectivity index (χ4n) is 4.23. The van der Waals surface area contributed by atoms with Crippen LogP contribution in [0.3, 0.4) is 0 Å². The third kappa shape index (κ3) is 4.91. The Balaban J connectivity index is 1.43. The van der Waals surface area contributed by atoms with Crippen molar-refractivity contribution in [3.8, 4) is 0 Å². The van der Waals surface area contributed by atoms with E-state index in [1.807, 2.05) is 5.32 Å². The van der Waals surface area contributed by atoms with Crippen LogP contribution >= 0.6 is 23.1 Å². The summed E-state index contributed by atoms with van der Waals surface area (Å²) in [7, 11) is 0. The van der Waals surface area contributed by atoms with Crippen LogP contribution in [0.1, 0.15) is 29.4 Å². The SMILES string of the molecule is C[C@H]1[C@H](NC(=O)c2ccc(Sc3ccccc3NC(=O)C(F)(F)F)s2)C2CCN1CC2. The molecule has 0 saturated carbocycles. The molecule has 1 aromatic carbocycles. The number of alkyl halides is 3. The maximum atomic E-state index is 12.8. The summed E-state index contributed by atoms with van der Waals surface area (Å²) in [4.78, 5) is 27.6. The van der Waals surface area contributed by atoms with E-state index in [4.69, 9.17) is 0 Å². The number of amides is 2. The van der Waals surface area contributed by atoms with Crippen molar-refractivity contribution >= 4 is 40.6 Å². The van der Waals surface area contributed by atoms with E-state index in [2.05, 4.69) is 17.1 Å². The number of halogens is 3. The van der Waals surface area contributed by atoms with Crippen molar-refractivity contribution in [1.29, 1.82) is 0 Å². The van der Waals surface area contributed by atoms with Crippen LogP contribution in [0.5, 0.6) is 0 Å². The molecule has 2 bridgehead atoms. The Morgan fingerprint density at radius 1 is 1.13 bits per heavy atom. The number of benzene rings is 1. The monoisotopic (exact) mass is 469 g/mol. The number of carbonyl (C=O) groups excluding carboxylic acids is 2. The highest BCUT2D eigenvalue weighted by Gasteiger charge is 2.41. The Bertz CT molecular complexity index is 969. The molecule has 2 N–H and O–H groups in total. The first-order valence-corrected chi connectivity index (χ1v) is 11.7. The van der Waals surface area contributed by atoms with Crippen molar-refractivity contribution in [2.24, 2.45) is 5.92 Å². The average molecular weight is 470 g/mol. The van der Waals surface area contributed by atoms with Gasteiger partial charge in [0.25, 0.3) is 5.91 Å². The number of hydrogen-bond acceptors (Lipinski definition) is 5. The van der Waals surface area contributed by atoms with Gasteiger partial charge in [0.1, 0.15) is 0 Å². The molecule has 166 valence electrons. The van der Waals surface area contributed by atoms with Crippen LogP contribution < -0.4 is 10.6 Å². The second kappa shape index (κ2) is 8.84. The largest absolute Gasteiger partial charge is 0.471 e. The van der Waals surface area contributed by atoms with Crippen molar-refractivity contribution in [2.75, 3.05) is 18.4 Å². The summed E-state index contributed by atoms with van der Waals surface area (Å²) in [6, 6.07) is 10.2. The summed E-state index contributed by atoms with van der Waals surface area (Å²) < 4.78 is 38.5. The Morgan fingerprint density at radius 3 is 2.52 bits per heavy atom. The average Bonchev–Trinajstić information content (AvgIpc) is 3.20. The number of anilines is 1. The Morgan fingerprint density at radius 2 is 1.84 bits per heavy atom. The van der Waals surface area contributed by atoms with E-state index >= 15 is 0 Å². The van der Waals surface area contributed by atoms with Gasteiger partial charge >= 0.3 is 12.1 Å². The van der Waals surface area contributed by atoms with Gasteiger partial charge in [0.05, 0.1) is 14.8 Å². The van der Waals surface area contributed by atoms with Gasteiger partial charge in [-0.3, -0.25) is 14.5 Å². The molecule has 0 spiro atoms. The molecule has 3 saturated heterocycles. The van der Waals surface area contributed by atoms with Gasteiger partial charge in [0.2, 0.25) is 0 Å². The maximum Gasteiger partial charge on any atom is 0.471 e. The molecular formula is C21H22F3N3O2S2. The van der Waals surface area contributed by atoms with E-state index in [9.17, 15) is 22.8 Å². The highest BCUT2D eigenvalue weighted by molar-refractivity contribution is 8.01. The third-order valence-corrected chi connectivity index (χ3v) is 8.18. The Hall–Kier alpha value is -2.04. The van der Waals surface area contributed by atoms with Crippen LogP contribution in [0.15, 0.2) is 45.5 Å². The molecule has 10 heteroatoms. The number of carbonyl (C=O) groups is 2. The van der Waals surface area contributed by atoms with E-state index in [-0.39, 0.29) is 17.6 Å². The number of fused-ring (bicyclic) bond motifs is 3. The molecular weight excluding hydrogens is 447 g/mol. The van der Waals surface area contributed by atoms with Gasteiger partial charge in [-0.2, -0.15) is 13.2 Å². The molecule has 3 aliphatic heterocycles. The third-order valence-electron chi connectivity index (χ3n) is 5.88. The van der Waals surface area contributed by atoms with Gasteiger partial charge < -0.3 is 10.6 Å². The number of piperidine rings is 3. The lowest BCUT2D eigenvalue weighted by Crippen LogP contribution is -2.62. The van der Waals surface area contributed by atoms with E-state index in [1.165, 1.54) is 29.2 Å². The second-order valence-electron chi connectivity index (χ2n) is 7.78. The van der Waals surface area contributed by atoms with Crippen molar-refractivity contribution in [1.82, 2.24) is 10.2 Å². The van der Waals surface area contributed by atoms with Crippen LogP contribution in [-0.4, -0.2) is 48.1 Å². The minimum atomic E-state index is -4.96. The van der Waals surface area contributed by atoms with Gasteiger partial charge in [0.15, 0.2) is 0 Å². The lowest BCUT2D eigenvalue weighted by atomic mass is 9.79. The van der Waals surface area contributed by atoms with Crippen molar-refractivity contribution in [3.63, 3.8) is 0 Å². The molecule has 2 aromatic rings. The Kier molecular flexibility index (Phi) is 6.32. The first-order valence-electron chi connectivity index (χ1n) is 10.0. The zero-order chi connectivity index (χ0) is 22.2. The summed E-state index contributed by atoms with van der Waals surface area (Å²) in [5, 5.41) is 5.10. The number of hydrogen-bond donors (Lipinski definition) is 2. The molecule has 5 nitrogen and oxygen atoms in total. The molecule has 3 fully saturated rings. The summed E-state index contributed by atoms with van der Waals surface area (Å²) in [6.07, 6.45) is -2.76. The van der Waals surface area contributed by atoms with Gasteiger partial charge in [-0.15, -0.1) is 11.3 Å². The van der Waals surface area contributed by atoms with Gasteiger partial charge in [-0.25, -0.2) is 0 Å². The molecule has 4 heterocycles. The fraction of sp³-hybridized carbons (Fsp3) is 0.429. The first kappa shape index (κ1) is 22.2. The molecule has 5 rings (SSSR count). The smallest absolute Gasteiger partial charge is 0.347 e. The highest BCUT2D eigenvalue weighted by Crippen LogP contribution is 2.38.